The molecule has 7 nitrogen and oxygen atoms in total. The number of hydrogen-bond donors (Lipinski definition) is 1. The molecule has 3 rings (SSSR count). The summed E-state index contributed by atoms with van der Waals surface area (Å²) in [6.45, 7) is 3.44. The molecule has 1 aliphatic heterocycles. The number of benzene rings is 1. The van der Waals surface area contributed by atoms with Gasteiger partial charge < -0.3 is 10.2 Å². The van der Waals surface area contributed by atoms with Crippen LogP contribution in [-0.4, -0.2) is 47.2 Å². The Balaban J connectivity index is 1.50. The van der Waals surface area contributed by atoms with Crippen LogP contribution in [0, 0.1) is 0 Å². The van der Waals surface area contributed by atoms with Gasteiger partial charge in [-0.05, 0) is 31.1 Å². The quantitative estimate of drug-likeness (QED) is 0.665. The number of anilines is 2. The summed E-state index contributed by atoms with van der Waals surface area (Å²) in [5.41, 5.74) is 1.34. The average molecular weight is 441 g/mol. The number of nitrogens with zero attached hydrogens (tertiary/aromatic N) is 3. The molecule has 0 unspecified atom stereocenters. The smallest absolute Gasteiger partial charge is 0.244 e. The molecule has 1 aromatic carbocycles. The normalized spacial score (nSPS) is 14.3. The number of rotatable bonds is 7. The lowest BCUT2D eigenvalue weighted by Gasteiger charge is -2.20. The zero-order chi connectivity index (χ0) is 22.1. The largest absolute Gasteiger partial charge is 0.352 e. The first kappa shape index (κ1) is 22.7. The summed E-state index contributed by atoms with van der Waals surface area (Å²) in [7, 11) is 0. The van der Waals surface area contributed by atoms with Crippen LogP contribution in [0.15, 0.2) is 41.8 Å². The molecule has 0 radical (unpaired) electrons. The van der Waals surface area contributed by atoms with E-state index in [9.17, 15) is 14.4 Å². The van der Waals surface area contributed by atoms with E-state index >= 15 is 0 Å². The van der Waals surface area contributed by atoms with E-state index in [-0.39, 0.29) is 17.7 Å². The second-order valence-electron chi connectivity index (χ2n) is 7.41. The fourth-order valence-electron chi connectivity index (χ4n) is 3.45. The molecule has 1 fully saturated rings. The third-order valence-corrected chi connectivity index (χ3v) is 5.88. The molecule has 1 aromatic heterocycles. The molecular formula is C23H28N4O3S. The van der Waals surface area contributed by atoms with Gasteiger partial charge in [0.05, 0.1) is 11.4 Å². The molecule has 1 aliphatic rings. The van der Waals surface area contributed by atoms with Gasteiger partial charge in [0, 0.05) is 44.4 Å². The van der Waals surface area contributed by atoms with E-state index < -0.39 is 0 Å². The molecule has 0 atom stereocenters. The summed E-state index contributed by atoms with van der Waals surface area (Å²) in [6, 6.07) is 9.30. The van der Waals surface area contributed by atoms with E-state index in [1.807, 2.05) is 35.2 Å². The number of likely N-dealkylation sites (tertiary alicyclic amines) is 1. The summed E-state index contributed by atoms with van der Waals surface area (Å²) < 4.78 is 0. The minimum Gasteiger partial charge on any atom is -0.352 e. The maximum absolute atomic E-state index is 12.3. The minimum atomic E-state index is -0.273. The molecule has 0 aliphatic carbocycles. The molecule has 8 heteroatoms. The average Bonchev–Trinajstić information content (AvgIpc) is 3.04. The van der Waals surface area contributed by atoms with Crippen molar-refractivity contribution in [1.29, 1.82) is 0 Å². The molecule has 164 valence electrons. The minimum absolute atomic E-state index is 0.0977. The number of carbonyl (C=O) groups excluding carboxylic acids is 3. The van der Waals surface area contributed by atoms with E-state index in [2.05, 4.69) is 10.3 Å². The number of thiazole rings is 1. The Labute approximate surface area is 186 Å². The van der Waals surface area contributed by atoms with Crippen LogP contribution >= 0.6 is 11.3 Å². The number of carbonyl (C=O) groups is 3. The van der Waals surface area contributed by atoms with Gasteiger partial charge in [0.2, 0.25) is 17.7 Å². The zero-order valence-electron chi connectivity index (χ0n) is 17.8. The molecule has 3 amide bonds. The Hall–Kier alpha value is -3.00. The highest BCUT2D eigenvalue weighted by atomic mass is 32.1. The van der Waals surface area contributed by atoms with Crippen molar-refractivity contribution < 1.29 is 14.4 Å². The Kier molecular flexibility index (Phi) is 8.35. The van der Waals surface area contributed by atoms with Gasteiger partial charge in [0.15, 0.2) is 5.13 Å². The standard InChI is InChI=1S/C23H28N4O3S/c1-18(28)27(20-9-5-4-6-10-20)23-25-19(17-31-23)11-12-21(29)24-14-13-22(30)26-15-7-2-3-8-16-26/h4-6,9-12,17H,2-3,7-8,13-16H2,1H3,(H,24,29)/b12-11+. The van der Waals surface area contributed by atoms with Crippen LogP contribution in [0.3, 0.4) is 0 Å². The fourth-order valence-corrected chi connectivity index (χ4v) is 4.31. The molecule has 1 saturated heterocycles. The van der Waals surface area contributed by atoms with Crippen LogP contribution in [-0.2, 0) is 14.4 Å². The van der Waals surface area contributed by atoms with Crippen molar-refractivity contribution in [3.05, 3.63) is 47.5 Å². The molecule has 0 saturated carbocycles. The maximum atomic E-state index is 12.3. The third-order valence-electron chi connectivity index (χ3n) is 5.03. The van der Waals surface area contributed by atoms with E-state index in [1.54, 1.807) is 11.5 Å². The molecule has 1 N–H and O–H groups in total. The second-order valence-corrected chi connectivity index (χ2v) is 8.25. The predicted molar refractivity (Wildman–Crippen MR) is 123 cm³/mol. The first-order valence-electron chi connectivity index (χ1n) is 10.6. The Morgan fingerprint density at radius 3 is 2.52 bits per heavy atom. The van der Waals surface area contributed by atoms with Gasteiger partial charge in [-0.1, -0.05) is 31.0 Å². The van der Waals surface area contributed by atoms with Crippen LogP contribution in [0.2, 0.25) is 0 Å². The predicted octanol–water partition coefficient (Wildman–Crippen LogP) is 3.75. The number of hydrogen-bond acceptors (Lipinski definition) is 5. The molecule has 2 aromatic rings. The lowest BCUT2D eigenvalue weighted by atomic mass is 10.2. The highest BCUT2D eigenvalue weighted by Crippen LogP contribution is 2.28. The van der Waals surface area contributed by atoms with Crippen LogP contribution in [0.25, 0.3) is 6.08 Å². The summed E-state index contributed by atoms with van der Waals surface area (Å²) >= 11 is 1.33. The number of amides is 3. The van der Waals surface area contributed by atoms with Crippen LogP contribution in [0.4, 0.5) is 10.8 Å². The monoisotopic (exact) mass is 440 g/mol. The molecular weight excluding hydrogens is 412 g/mol. The summed E-state index contributed by atoms with van der Waals surface area (Å²) in [4.78, 5) is 44.4. The van der Waals surface area contributed by atoms with Gasteiger partial charge in [-0.25, -0.2) is 4.98 Å². The lowest BCUT2D eigenvalue weighted by molar-refractivity contribution is -0.131. The van der Waals surface area contributed by atoms with Crippen molar-refractivity contribution in [1.82, 2.24) is 15.2 Å². The summed E-state index contributed by atoms with van der Waals surface area (Å²) in [5, 5.41) is 5.09. The van der Waals surface area contributed by atoms with Crippen molar-refractivity contribution >= 4 is 46.0 Å². The summed E-state index contributed by atoms with van der Waals surface area (Å²) in [6.07, 6.45) is 7.79. The van der Waals surface area contributed by atoms with Gasteiger partial charge in [0.1, 0.15) is 0 Å². The van der Waals surface area contributed by atoms with Crippen LogP contribution < -0.4 is 10.2 Å². The molecule has 2 heterocycles. The fraction of sp³-hybridized carbons (Fsp3) is 0.391. The van der Waals surface area contributed by atoms with Gasteiger partial charge in [-0.15, -0.1) is 11.3 Å². The lowest BCUT2D eigenvalue weighted by Crippen LogP contribution is -2.34. The topological polar surface area (TPSA) is 82.6 Å². The van der Waals surface area contributed by atoms with Gasteiger partial charge in [-0.2, -0.15) is 0 Å². The number of aromatic nitrogens is 1. The Morgan fingerprint density at radius 1 is 1.13 bits per heavy atom. The highest BCUT2D eigenvalue weighted by Gasteiger charge is 2.17. The van der Waals surface area contributed by atoms with Crippen LogP contribution in [0.5, 0.6) is 0 Å². The molecule has 0 bridgehead atoms. The van der Waals surface area contributed by atoms with Crippen molar-refractivity contribution in [3.63, 3.8) is 0 Å². The molecule has 0 spiro atoms. The van der Waals surface area contributed by atoms with Gasteiger partial charge in [-0.3, -0.25) is 19.3 Å². The SMILES string of the molecule is CC(=O)N(c1ccccc1)c1nc(/C=C/C(=O)NCCC(=O)N2CCCCCC2)cs1. The van der Waals surface area contributed by atoms with Gasteiger partial charge >= 0.3 is 0 Å². The number of para-hydroxylation sites is 1. The van der Waals surface area contributed by atoms with Crippen molar-refractivity contribution in [2.45, 2.75) is 39.0 Å². The van der Waals surface area contributed by atoms with Crippen molar-refractivity contribution in [3.8, 4) is 0 Å². The Morgan fingerprint density at radius 2 is 1.84 bits per heavy atom. The van der Waals surface area contributed by atoms with Gasteiger partial charge in [0.25, 0.3) is 0 Å². The van der Waals surface area contributed by atoms with E-state index in [1.165, 1.54) is 42.1 Å². The maximum Gasteiger partial charge on any atom is 0.244 e. The third kappa shape index (κ3) is 6.75. The Bertz CT molecular complexity index is 918. The molecule has 31 heavy (non-hydrogen) atoms. The van der Waals surface area contributed by atoms with E-state index in [0.29, 0.717) is 23.8 Å². The highest BCUT2D eigenvalue weighted by molar-refractivity contribution is 7.14. The zero-order valence-corrected chi connectivity index (χ0v) is 18.6. The van der Waals surface area contributed by atoms with Crippen molar-refractivity contribution in [2.75, 3.05) is 24.5 Å². The van der Waals surface area contributed by atoms with E-state index in [0.717, 1.165) is 31.6 Å². The van der Waals surface area contributed by atoms with E-state index in [4.69, 9.17) is 0 Å². The van der Waals surface area contributed by atoms with Crippen molar-refractivity contribution in [2.24, 2.45) is 0 Å². The van der Waals surface area contributed by atoms with Crippen LogP contribution in [0.1, 0.15) is 44.7 Å². The first-order valence-corrected chi connectivity index (χ1v) is 11.5. The second kappa shape index (κ2) is 11.4. The summed E-state index contributed by atoms with van der Waals surface area (Å²) in [5.74, 6) is -0.312. The number of nitrogens with one attached hydrogen (secondary N) is 1. The first-order chi connectivity index (χ1) is 15.0.